The summed E-state index contributed by atoms with van der Waals surface area (Å²) in [7, 11) is 0. The standard InChI is InChI=1S/C17H14O5/c18-17(12-1-3-14-11(9-12)5-6-19-14)22-13-2-4-15-16(10-13)21-8-7-20-15/h1-4,9-10H,5-8H2. The van der Waals surface area contributed by atoms with E-state index in [2.05, 4.69) is 0 Å². The lowest BCUT2D eigenvalue weighted by Crippen LogP contribution is -2.15. The van der Waals surface area contributed by atoms with E-state index in [-0.39, 0.29) is 0 Å². The number of hydrogen-bond donors (Lipinski definition) is 0. The van der Waals surface area contributed by atoms with Crippen molar-refractivity contribution in [3.63, 3.8) is 0 Å². The Morgan fingerprint density at radius 2 is 1.64 bits per heavy atom. The van der Waals surface area contributed by atoms with Crippen molar-refractivity contribution in [2.45, 2.75) is 6.42 Å². The molecule has 22 heavy (non-hydrogen) atoms. The fourth-order valence-corrected chi connectivity index (χ4v) is 2.57. The molecule has 5 nitrogen and oxygen atoms in total. The molecule has 2 aromatic carbocycles. The van der Waals surface area contributed by atoms with Gasteiger partial charge in [0.2, 0.25) is 0 Å². The Balaban J connectivity index is 1.54. The first-order chi connectivity index (χ1) is 10.8. The quantitative estimate of drug-likeness (QED) is 0.630. The van der Waals surface area contributed by atoms with Crippen LogP contribution in [0.5, 0.6) is 23.0 Å². The topological polar surface area (TPSA) is 54.0 Å². The third kappa shape index (κ3) is 2.35. The van der Waals surface area contributed by atoms with E-state index in [9.17, 15) is 4.79 Å². The Hall–Kier alpha value is -2.69. The van der Waals surface area contributed by atoms with Crippen molar-refractivity contribution >= 4 is 5.97 Å². The summed E-state index contributed by atoms with van der Waals surface area (Å²) >= 11 is 0. The van der Waals surface area contributed by atoms with Crippen LogP contribution in [0.25, 0.3) is 0 Å². The summed E-state index contributed by atoms with van der Waals surface area (Å²) in [5.74, 6) is 2.15. The second kappa shape index (κ2) is 5.26. The molecule has 4 rings (SSSR count). The minimum absolute atomic E-state index is 0.397. The Labute approximate surface area is 127 Å². The van der Waals surface area contributed by atoms with Gasteiger partial charge in [-0.1, -0.05) is 0 Å². The number of ether oxygens (including phenoxy) is 4. The molecular formula is C17H14O5. The van der Waals surface area contributed by atoms with Gasteiger partial charge in [0.05, 0.1) is 12.2 Å². The first-order valence-electron chi connectivity index (χ1n) is 7.17. The molecule has 5 heteroatoms. The van der Waals surface area contributed by atoms with E-state index in [0.717, 1.165) is 17.7 Å². The molecule has 0 bridgehead atoms. The largest absolute Gasteiger partial charge is 0.493 e. The molecular weight excluding hydrogens is 284 g/mol. The molecule has 112 valence electrons. The van der Waals surface area contributed by atoms with Crippen LogP contribution in [0.1, 0.15) is 15.9 Å². The van der Waals surface area contributed by atoms with Gasteiger partial charge in [0, 0.05) is 12.5 Å². The van der Waals surface area contributed by atoms with E-state index in [4.69, 9.17) is 18.9 Å². The molecule has 0 fully saturated rings. The predicted molar refractivity (Wildman–Crippen MR) is 78.0 cm³/mol. The molecule has 2 aromatic rings. The van der Waals surface area contributed by atoms with E-state index in [0.29, 0.717) is 42.6 Å². The van der Waals surface area contributed by atoms with Gasteiger partial charge >= 0.3 is 5.97 Å². The van der Waals surface area contributed by atoms with E-state index >= 15 is 0 Å². The summed E-state index contributed by atoms with van der Waals surface area (Å²) in [6.07, 6.45) is 0.820. The number of esters is 1. The molecule has 0 spiro atoms. The van der Waals surface area contributed by atoms with Crippen molar-refractivity contribution in [1.82, 2.24) is 0 Å². The van der Waals surface area contributed by atoms with Gasteiger partial charge in [0.15, 0.2) is 11.5 Å². The Kier molecular flexibility index (Phi) is 3.11. The van der Waals surface area contributed by atoms with Gasteiger partial charge in [0.25, 0.3) is 0 Å². The fraction of sp³-hybridized carbons (Fsp3) is 0.235. The first-order valence-corrected chi connectivity index (χ1v) is 7.17. The maximum atomic E-state index is 12.2. The number of fused-ring (bicyclic) bond motifs is 2. The Morgan fingerprint density at radius 3 is 2.55 bits per heavy atom. The van der Waals surface area contributed by atoms with Gasteiger partial charge in [-0.2, -0.15) is 0 Å². The second-order valence-corrected chi connectivity index (χ2v) is 5.12. The van der Waals surface area contributed by atoms with E-state index in [1.54, 1.807) is 24.3 Å². The fourth-order valence-electron chi connectivity index (χ4n) is 2.57. The monoisotopic (exact) mass is 298 g/mol. The van der Waals surface area contributed by atoms with Crippen molar-refractivity contribution in [3.8, 4) is 23.0 Å². The molecule has 0 saturated carbocycles. The van der Waals surface area contributed by atoms with E-state index < -0.39 is 5.97 Å². The van der Waals surface area contributed by atoms with E-state index in [1.165, 1.54) is 0 Å². The van der Waals surface area contributed by atoms with Crippen molar-refractivity contribution < 1.29 is 23.7 Å². The smallest absolute Gasteiger partial charge is 0.343 e. The predicted octanol–water partition coefficient (Wildman–Crippen LogP) is 2.61. The van der Waals surface area contributed by atoms with Gasteiger partial charge in [0.1, 0.15) is 24.7 Å². The molecule has 0 aromatic heterocycles. The van der Waals surface area contributed by atoms with Crippen LogP contribution < -0.4 is 18.9 Å². The highest BCUT2D eigenvalue weighted by Crippen LogP contribution is 2.34. The zero-order chi connectivity index (χ0) is 14.9. The van der Waals surface area contributed by atoms with Crippen LogP contribution in [-0.2, 0) is 6.42 Å². The lowest BCUT2D eigenvalue weighted by molar-refractivity contribution is 0.0733. The van der Waals surface area contributed by atoms with Crippen LogP contribution in [0, 0.1) is 0 Å². The zero-order valence-corrected chi connectivity index (χ0v) is 11.8. The molecule has 0 radical (unpaired) electrons. The van der Waals surface area contributed by atoms with Crippen LogP contribution in [0.4, 0.5) is 0 Å². The second-order valence-electron chi connectivity index (χ2n) is 5.12. The molecule has 0 saturated heterocycles. The summed E-state index contributed by atoms with van der Waals surface area (Å²) in [4.78, 5) is 12.2. The zero-order valence-electron chi connectivity index (χ0n) is 11.8. The Bertz CT molecular complexity index is 738. The molecule has 0 atom stereocenters. The first kappa shape index (κ1) is 13.0. The summed E-state index contributed by atoms with van der Waals surface area (Å²) in [6.45, 7) is 1.69. The normalized spacial score (nSPS) is 14.9. The highest BCUT2D eigenvalue weighted by molar-refractivity contribution is 5.91. The molecule has 2 aliphatic rings. The number of carbonyl (C=O) groups is 1. The summed E-state index contributed by atoms with van der Waals surface area (Å²) in [5, 5.41) is 0. The highest BCUT2D eigenvalue weighted by Gasteiger charge is 2.18. The molecule has 0 aliphatic carbocycles. The number of rotatable bonds is 2. The highest BCUT2D eigenvalue weighted by atomic mass is 16.6. The third-order valence-corrected chi connectivity index (χ3v) is 3.65. The van der Waals surface area contributed by atoms with Crippen molar-refractivity contribution in [2.75, 3.05) is 19.8 Å². The van der Waals surface area contributed by atoms with Crippen molar-refractivity contribution in [1.29, 1.82) is 0 Å². The van der Waals surface area contributed by atoms with Gasteiger partial charge < -0.3 is 18.9 Å². The van der Waals surface area contributed by atoms with Crippen LogP contribution in [0.3, 0.4) is 0 Å². The summed E-state index contributed by atoms with van der Waals surface area (Å²) in [6, 6.07) is 10.5. The average Bonchev–Trinajstić information content (AvgIpc) is 3.02. The van der Waals surface area contributed by atoms with Crippen LogP contribution in [-0.4, -0.2) is 25.8 Å². The summed E-state index contributed by atoms with van der Waals surface area (Å²) < 4.78 is 21.8. The molecule has 0 amide bonds. The average molecular weight is 298 g/mol. The van der Waals surface area contributed by atoms with Crippen LogP contribution in [0.2, 0.25) is 0 Å². The minimum atomic E-state index is -0.397. The maximum Gasteiger partial charge on any atom is 0.343 e. The van der Waals surface area contributed by atoms with Crippen molar-refractivity contribution in [3.05, 3.63) is 47.5 Å². The van der Waals surface area contributed by atoms with Crippen LogP contribution >= 0.6 is 0 Å². The number of benzene rings is 2. The molecule has 0 N–H and O–H groups in total. The Morgan fingerprint density at radius 1 is 0.864 bits per heavy atom. The van der Waals surface area contributed by atoms with Gasteiger partial charge in [-0.3, -0.25) is 0 Å². The van der Waals surface area contributed by atoms with Gasteiger partial charge in [-0.25, -0.2) is 4.79 Å². The molecule has 0 unspecified atom stereocenters. The van der Waals surface area contributed by atoms with Gasteiger partial charge in [-0.05, 0) is 35.9 Å². The third-order valence-electron chi connectivity index (χ3n) is 3.65. The SMILES string of the molecule is O=C(Oc1ccc2c(c1)OCCO2)c1ccc2c(c1)CCO2. The minimum Gasteiger partial charge on any atom is -0.493 e. The number of carbonyl (C=O) groups excluding carboxylic acids is 1. The lowest BCUT2D eigenvalue weighted by Gasteiger charge is -2.18. The van der Waals surface area contributed by atoms with E-state index in [1.807, 2.05) is 12.1 Å². The molecule has 2 heterocycles. The van der Waals surface area contributed by atoms with Gasteiger partial charge in [-0.15, -0.1) is 0 Å². The van der Waals surface area contributed by atoms with Crippen molar-refractivity contribution in [2.24, 2.45) is 0 Å². The van der Waals surface area contributed by atoms with Crippen LogP contribution in [0.15, 0.2) is 36.4 Å². The maximum absolute atomic E-state index is 12.2. The molecule has 2 aliphatic heterocycles. The number of hydrogen-bond acceptors (Lipinski definition) is 5. The lowest BCUT2D eigenvalue weighted by atomic mass is 10.1. The summed E-state index contributed by atoms with van der Waals surface area (Å²) in [5.41, 5.74) is 1.55.